The fourth-order valence-electron chi connectivity index (χ4n) is 1.11. The Morgan fingerprint density at radius 1 is 1.53 bits per heavy atom. The zero-order valence-electron chi connectivity index (χ0n) is 9.49. The number of Topliss-reactive ketones (excluding diaryl/α,β-unsaturated/α-hetero) is 1. The number of ketones is 1. The van der Waals surface area contributed by atoms with Gasteiger partial charge < -0.3 is 0 Å². The zero-order chi connectivity index (χ0) is 11.3. The predicted octanol–water partition coefficient (Wildman–Crippen LogP) is 3.42. The quantitative estimate of drug-likeness (QED) is 0.566. The van der Waals surface area contributed by atoms with E-state index >= 15 is 0 Å². The van der Waals surface area contributed by atoms with E-state index < -0.39 is 0 Å². The second kappa shape index (κ2) is 5.91. The molecule has 0 bridgehead atoms. The van der Waals surface area contributed by atoms with E-state index in [2.05, 4.69) is 18.8 Å². The average Bonchev–Trinajstić information content (AvgIpc) is 2.17. The van der Waals surface area contributed by atoms with Crippen LogP contribution < -0.4 is 0 Å². The van der Waals surface area contributed by atoms with Crippen LogP contribution in [0.15, 0.2) is 23.4 Å². The summed E-state index contributed by atoms with van der Waals surface area (Å²) in [4.78, 5) is 15.4. The van der Waals surface area contributed by atoms with Crippen LogP contribution in [0.4, 0.5) is 0 Å². The van der Waals surface area contributed by atoms with Crippen LogP contribution in [-0.2, 0) is 0 Å². The number of hydrogen-bond donors (Lipinski definition) is 0. The van der Waals surface area contributed by atoms with E-state index in [1.165, 1.54) is 6.42 Å². The second-order valence-electron chi connectivity index (χ2n) is 3.97. The van der Waals surface area contributed by atoms with E-state index in [9.17, 15) is 4.79 Å². The third-order valence-electron chi connectivity index (χ3n) is 2.09. The molecule has 0 atom stereocenters. The standard InChI is InChI=1S/C12H17NOS/c1-9(2)5-7-15-12-8-11(10(3)14)4-6-13-12/h4,6,8-9H,5,7H2,1-3H3. The molecule has 0 aliphatic heterocycles. The smallest absolute Gasteiger partial charge is 0.159 e. The van der Waals surface area contributed by atoms with Crippen molar-refractivity contribution in [3.05, 3.63) is 23.9 Å². The lowest BCUT2D eigenvalue weighted by atomic mass is 10.2. The molecule has 0 fully saturated rings. The molecule has 15 heavy (non-hydrogen) atoms. The van der Waals surface area contributed by atoms with Crippen LogP contribution in [0.5, 0.6) is 0 Å². The Labute approximate surface area is 95.5 Å². The summed E-state index contributed by atoms with van der Waals surface area (Å²) in [7, 11) is 0. The molecule has 2 nitrogen and oxygen atoms in total. The summed E-state index contributed by atoms with van der Waals surface area (Å²) in [5.41, 5.74) is 0.747. The maximum Gasteiger partial charge on any atom is 0.159 e. The minimum Gasteiger partial charge on any atom is -0.295 e. The Hall–Kier alpha value is -0.830. The average molecular weight is 223 g/mol. The van der Waals surface area contributed by atoms with Crippen LogP contribution >= 0.6 is 11.8 Å². The van der Waals surface area contributed by atoms with E-state index in [-0.39, 0.29) is 5.78 Å². The fraction of sp³-hybridized carbons (Fsp3) is 0.500. The molecule has 82 valence electrons. The maximum atomic E-state index is 11.1. The number of carbonyl (C=O) groups is 1. The molecular formula is C12H17NOS. The molecule has 1 rings (SSSR count). The largest absolute Gasteiger partial charge is 0.295 e. The molecule has 0 radical (unpaired) electrons. The summed E-state index contributed by atoms with van der Waals surface area (Å²) in [6, 6.07) is 3.63. The van der Waals surface area contributed by atoms with Gasteiger partial charge in [-0.2, -0.15) is 0 Å². The van der Waals surface area contributed by atoms with Gasteiger partial charge in [-0.1, -0.05) is 13.8 Å². The van der Waals surface area contributed by atoms with Gasteiger partial charge in [-0.15, -0.1) is 11.8 Å². The van der Waals surface area contributed by atoms with Crippen LogP contribution in [0, 0.1) is 5.92 Å². The molecule has 1 aromatic rings. The molecule has 0 saturated heterocycles. The highest BCUT2D eigenvalue weighted by atomic mass is 32.2. The van der Waals surface area contributed by atoms with Crippen molar-refractivity contribution < 1.29 is 4.79 Å². The van der Waals surface area contributed by atoms with Crippen molar-refractivity contribution in [1.29, 1.82) is 0 Å². The first-order valence-corrected chi connectivity index (χ1v) is 6.18. The summed E-state index contributed by atoms with van der Waals surface area (Å²) in [6.07, 6.45) is 2.88. The number of aromatic nitrogens is 1. The number of thioether (sulfide) groups is 1. The molecular weight excluding hydrogens is 206 g/mol. The van der Waals surface area contributed by atoms with Crippen molar-refractivity contribution in [3.63, 3.8) is 0 Å². The number of nitrogens with zero attached hydrogens (tertiary/aromatic N) is 1. The van der Waals surface area contributed by atoms with E-state index in [1.54, 1.807) is 30.9 Å². The molecule has 0 N–H and O–H groups in total. The first-order valence-electron chi connectivity index (χ1n) is 5.19. The Bertz CT molecular complexity index is 336. The number of pyridine rings is 1. The van der Waals surface area contributed by atoms with Crippen LogP contribution in [0.25, 0.3) is 0 Å². The number of rotatable bonds is 5. The fourth-order valence-corrected chi connectivity index (χ4v) is 2.25. The molecule has 0 spiro atoms. The SMILES string of the molecule is CC(=O)c1ccnc(SCCC(C)C)c1. The van der Waals surface area contributed by atoms with Gasteiger partial charge in [0.15, 0.2) is 5.78 Å². The first kappa shape index (κ1) is 12.2. The Morgan fingerprint density at radius 3 is 2.87 bits per heavy atom. The van der Waals surface area contributed by atoms with Crippen molar-refractivity contribution in [2.24, 2.45) is 5.92 Å². The topological polar surface area (TPSA) is 30.0 Å². The lowest BCUT2D eigenvalue weighted by Gasteiger charge is -2.04. The zero-order valence-corrected chi connectivity index (χ0v) is 10.3. The van der Waals surface area contributed by atoms with Crippen LogP contribution in [0.2, 0.25) is 0 Å². The lowest BCUT2D eigenvalue weighted by molar-refractivity contribution is 0.101. The Kier molecular flexibility index (Phi) is 4.82. The van der Waals surface area contributed by atoms with Crippen molar-refractivity contribution in [2.75, 3.05) is 5.75 Å². The third kappa shape index (κ3) is 4.47. The van der Waals surface area contributed by atoms with Crippen molar-refractivity contribution in [1.82, 2.24) is 4.98 Å². The van der Waals surface area contributed by atoms with Gasteiger partial charge in [0.2, 0.25) is 0 Å². The van der Waals surface area contributed by atoms with Gasteiger partial charge in [0.1, 0.15) is 0 Å². The Balaban J connectivity index is 2.54. The summed E-state index contributed by atoms with van der Waals surface area (Å²) < 4.78 is 0. The maximum absolute atomic E-state index is 11.1. The second-order valence-corrected chi connectivity index (χ2v) is 5.09. The lowest BCUT2D eigenvalue weighted by Crippen LogP contribution is -1.94. The van der Waals surface area contributed by atoms with Crippen molar-refractivity contribution in [3.8, 4) is 0 Å². The van der Waals surface area contributed by atoms with Crippen molar-refractivity contribution >= 4 is 17.5 Å². The molecule has 0 saturated carbocycles. The van der Waals surface area contributed by atoms with E-state index in [4.69, 9.17) is 0 Å². The van der Waals surface area contributed by atoms with E-state index in [0.29, 0.717) is 5.92 Å². The summed E-state index contributed by atoms with van der Waals surface area (Å²) in [6.45, 7) is 6.00. The molecule has 0 amide bonds. The highest BCUT2D eigenvalue weighted by Crippen LogP contribution is 2.19. The molecule has 1 heterocycles. The molecule has 3 heteroatoms. The molecule has 0 aliphatic carbocycles. The van der Waals surface area contributed by atoms with Gasteiger partial charge >= 0.3 is 0 Å². The molecule has 0 aromatic carbocycles. The number of carbonyl (C=O) groups excluding carboxylic acids is 1. The van der Waals surface area contributed by atoms with Gasteiger partial charge in [-0.25, -0.2) is 4.98 Å². The van der Waals surface area contributed by atoms with E-state index in [0.717, 1.165) is 16.3 Å². The van der Waals surface area contributed by atoms with Crippen molar-refractivity contribution in [2.45, 2.75) is 32.2 Å². The monoisotopic (exact) mass is 223 g/mol. The minimum atomic E-state index is 0.100. The summed E-state index contributed by atoms with van der Waals surface area (Å²) in [5, 5.41) is 0.948. The van der Waals surface area contributed by atoms with Crippen LogP contribution in [-0.4, -0.2) is 16.5 Å². The summed E-state index contributed by atoms with van der Waals surface area (Å²) in [5.74, 6) is 1.88. The van der Waals surface area contributed by atoms with Crippen LogP contribution in [0.3, 0.4) is 0 Å². The number of hydrogen-bond acceptors (Lipinski definition) is 3. The normalized spacial score (nSPS) is 10.7. The van der Waals surface area contributed by atoms with Gasteiger partial charge in [-0.05, 0) is 37.1 Å². The predicted molar refractivity (Wildman–Crippen MR) is 64.4 cm³/mol. The summed E-state index contributed by atoms with van der Waals surface area (Å²) >= 11 is 1.72. The highest BCUT2D eigenvalue weighted by molar-refractivity contribution is 7.99. The highest BCUT2D eigenvalue weighted by Gasteiger charge is 2.02. The molecule has 1 aromatic heterocycles. The first-order chi connectivity index (χ1) is 7.09. The minimum absolute atomic E-state index is 0.100. The van der Waals surface area contributed by atoms with Gasteiger partial charge in [-0.3, -0.25) is 4.79 Å². The van der Waals surface area contributed by atoms with Gasteiger partial charge in [0.25, 0.3) is 0 Å². The molecule has 0 aliphatic rings. The molecule has 0 unspecified atom stereocenters. The van der Waals surface area contributed by atoms with E-state index in [1.807, 2.05) is 6.07 Å². The Morgan fingerprint density at radius 2 is 2.27 bits per heavy atom. The van der Waals surface area contributed by atoms with Gasteiger partial charge in [0.05, 0.1) is 5.03 Å². The van der Waals surface area contributed by atoms with Crippen LogP contribution in [0.1, 0.15) is 37.6 Å². The van der Waals surface area contributed by atoms with Gasteiger partial charge in [0, 0.05) is 11.8 Å². The third-order valence-corrected chi connectivity index (χ3v) is 3.05.